The minimum Gasteiger partial charge on any atom is -0.369 e. The van der Waals surface area contributed by atoms with E-state index in [1.54, 1.807) is 12.1 Å². The first-order valence-corrected chi connectivity index (χ1v) is 9.42. The average Bonchev–Trinajstić information content (AvgIpc) is 2.68. The lowest BCUT2D eigenvalue weighted by molar-refractivity contribution is -0.123. The van der Waals surface area contributed by atoms with Crippen LogP contribution in [0, 0.1) is 5.92 Å². The minimum atomic E-state index is -0.218. The van der Waals surface area contributed by atoms with Crippen LogP contribution in [0.5, 0.6) is 0 Å². The number of likely N-dealkylation sites (tertiary alicyclic amines) is 1. The predicted octanol–water partition coefficient (Wildman–Crippen LogP) is 2.73. The molecular formula is C20H23ClN4O2. The molecule has 0 spiro atoms. The fourth-order valence-corrected chi connectivity index (χ4v) is 3.31. The van der Waals surface area contributed by atoms with Gasteiger partial charge in [-0.15, -0.1) is 0 Å². The number of piperidine rings is 1. The van der Waals surface area contributed by atoms with Gasteiger partial charge in [-0.1, -0.05) is 23.7 Å². The van der Waals surface area contributed by atoms with Crippen LogP contribution in [0.25, 0.3) is 0 Å². The summed E-state index contributed by atoms with van der Waals surface area (Å²) in [6, 6.07) is 11.1. The molecule has 1 aromatic heterocycles. The molecule has 1 aromatic carbocycles. The van der Waals surface area contributed by atoms with E-state index in [2.05, 4.69) is 15.2 Å². The Hall–Kier alpha value is -2.44. The van der Waals surface area contributed by atoms with Crippen molar-refractivity contribution in [2.75, 3.05) is 25.0 Å². The van der Waals surface area contributed by atoms with E-state index >= 15 is 0 Å². The number of pyridine rings is 1. The number of carbonyl (C=O) groups is 2. The third-order valence-corrected chi connectivity index (χ3v) is 5.13. The fraction of sp³-hybridized carbons (Fsp3) is 0.350. The second-order valence-corrected chi connectivity index (χ2v) is 7.18. The lowest BCUT2D eigenvalue weighted by atomic mass is 9.96. The summed E-state index contributed by atoms with van der Waals surface area (Å²) in [5.74, 6) is -0.370. The lowest BCUT2D eigenvalue weighted by Crippen LogP contribution is -2.39. The molecule has 142 valence electrons. The smallest absolute Gasteiger partial charge is 0.257 e. The molecule has 2 aromatic rings. The fourth-order valence-electron chi connectivity index (χ4n) is 3.20. The lowest BCUT2D eigenvalue weighted by Gasteiger charge is -2.30. The van der Waals surface area contributed by atoms with E-state index in [4.69, 9.17) is 17.3 Å². The monoisotopic (exact) mass is 386 g/mol. The normalized spacial score (nSPS) is 15.4. The molecule has 1 saturated heterocycles. The summed E-state index contributed by atoms with van der Waals surface area (Å²) in [6.45, 7) is 2.78. The molecular weight excluding hydrogens is 364 g/mol. The van der Waals surface area contributed by atoms with Gasteiger partial charge in [0.05, 0.1) is 5.56 Å². The van der Waals surface area contributed by atoms with E-state index in [1.165, 1.54) is 11.8 Å². The van der Waals surface area contributed by atoms with Gasteiger partial charge < -0.3 is 16.0 Å². The number of benzene rings is 1. The number of hydrogen-bond acceptors (Lipinski definition) is 4. The van der Waals surface area contributed by atoms with E-state index in [0.29, 0.717) is 10.7 Å². The van der Waals surface area contributed by atoms with Gasteiger partial charge in [0.2, 0.25) is 5.91 Å². The quantitative estimate of drug-likeness (QED) is 0.747. The van der Waals surface area contributed by atoms with Gasteiger partial charge in [-0.25, -0.2) is 4.98 Å². The van der Waals surface area contributed by atoms with Gasteiger partial charge in [0, 0.05) is 24.3 Å². The summed E-state index contributed by atoms with van der Waals surface area (Å²) in [5.41, 5.74) is 7.78. The molecule has 3 N–H and O–H groups in total. The van der Waals surface area contributed by atoms with Crippen molar-refractivity contribution in [3.05, 3.63) is 58.9 Å². The van der Waals surface area contributed by atoms with Crippen LogP contribution < -0.4 is 11.1 Å². The van der Waals surface area contributed by atoms with E-state index in [0.717, 1.165) is 44.6 Å². The van der Waals surface area contributed by atoms with E-state index < -0.39 is 0 Å². The van der Waals surface area contributed by atoms with Gasteiger partial charge in [-0.2, -0.15) is 0 Å². The standard InChI is InChI=1S/C20H23ClN4O2/c21-18-6-3-16(13-23-18)20(27)24-17-4-1-14(2-5-17)7-10-25-11-8-15(9-12-25)19(22)26/h1-6,13,15H,7-12H2,(H2,22,26)(H,24,27). The molecule has 0 radical (unpaired) electrons. The van der Waals surface area contributed by atoms with Crippen molar-refractivity contribution in [2.45, 2.75) is 19.3 Å². The van der Waals surface area contributed by atoms with Crippen LogP contribution in [0.1, 0.15) is 28.8 Å². The van der Waals surface area contributed by atoms with E-state index in [1.807, 2.05) is 24.3 Å². The number of halogens is 1. The number of amides is 2. The first-order valence-electron chi connectivity index (χ1n) is 9.05. The maximum absolute atomic E-state index is 12.2. The molecule has 1 aliphatic rings. The Morgan fingerprint density at radius 3 is 2.44 bits per heavy atom. The average molecular weight is 387 g/mol. The highest BCUT2D eigenvalue weighted by molar-refractivity contribution is 6.29. The van der Waals surface area contributed by atoms with Gasteiger partial charge in [-0.05, 0) is 62.2 Å². The Bertz CT molecular complexity index is 785. The molecule has 27 heavy (non-hydrogen) atoms. The number of carbonyl (C=O) groups excluding carboxylic acids is 2. The number of nitrogens with one attached hydrogen (secondary N) is 1. The molecule has 0 aliphatic carbocycles. The van der Waals surface area contributed by atoms with Gasteiger partial charge in [0.1, 0.15) is 5.15 Å². The van der Waals surface area contributed by atoms with Crippen LogP contribution >= 0.6 is 11.6 Å². The summed E-state index contributed by atoms with van der Waals surface area (Å²) in [7, 11) is 0. The number of nitrogens with two attached hydrogens (primary N) is 1. The summed E-state index contributed by atoms with van der Waals surface area (Å²) >= 11 is 5.73. The van der Waals surface area contributed by atoms with Crippen LogP contribution in [-0.4, -0.2) is 41.3 Å². The predicted molar refractivity (Wildman–Crippen MR) is 106 cm³/mol. The molecule has 0 saturated carbocycles. The number of rotatable bonds is 6. The van der Waals surface area contributed by atoms with E-state index in [9.17, 15) is 9.59 Å². The maximum Gasteiger partial charge on any atom is 0.257 e. The van der Waals surface area contributed by atoms with Crippen molar-refractivity contribution in [3.8, 4) is 0 Å². The molecule has 0 bridgehead atoms. The van der Waals surface area contributed by atoms with Crippen LogP contribution in [0.4, 0.5) is 5.69 Å². The highest BCUT2D eigenvalue weighted by atomic mass is 35.5. The summed E-state index contributed by atoms with van der Waals surface area (Å²) in [4.78, 5) is 29.7. The molecule has 2 amide bonds. The van der Waals surface area contributed by atoms with Gasteiger partial charge in [0.15, 0.2) is 0 Å². The Morgan fingerprint density at radius 1 is 1.15 bits per heavy atom. The van der Waals surface area contributed by atoms with Crippen LogP contribution in [0.2, 0.25) is 5.15 Å². The Morgan fingerprint density at radius 2 is 1.85 bits per heavy atom. The third-order valence-electron chi connectivity index (χ3n) is 4.91. The highest BCUT2D eigenvalue weighted by Crippen LogP contribution is 2.18. The van der Waals surface area contributed by atoms with Gasteiger partial charge in [0.25, 0.3) is 5.91 Å². The minimum absolute atomic E-state index is 0.0278. The molecule has 7 heteroatoms. The first-order chi connectivity index (χ1) is 13.0. The molecule has 1 fully saturated rings. The van der Waals surface area contributed by atoms with Crippen LogP contribution in [-0.2, 0) is 11.2 Å². The zero-order valence-corrected chi connectivity index (χ0v) is 15.8. The van der Waals surface area contributed by atoms with Gasteiger partial charge in [-0.3, -0.25) is 9.59 Å². The second-order valence-electron chi connectivity index (χ2n) is 6.79. The largest absolute Gasteiger partial charge is 0.369 e. The van der Waals surface area contributed by atoms with Crippen molar-refractivity contribution in [2.24, 2.45) is 11.7 Å². The molecule has 0 atom stereocenters. The SMILES string of the molecule is NC(=O)C1CCN(CCc2ccc(NC(=O)c3ccc(Cl)nc3)cc2)CC1. The molecule has 6 nitrogen and oxygen atoms in total. The first kappa shape index (κ1) is 19.3. The number of nitrogens with zero attached hydrogens (tertiary/aromatic N) is 2. The van der Waals surface area contributed by atoms with Crippen molar-refractivity contribution >= 4 is 29.1 Å². The summed E-state index contributed by atoms with van der Waals surface area (Å²) in [6.07, 6.45) is 4.07. The zero-order chi connectivity index (χ0) is 19.2. The summed E-state index contributed by atoms with van der Waals surface area (Å²) < 4.78 is 0. The van der Waals surface area contributed by atoms with Crippen molar-refractivity contribution < 1.29 is 9.59 Å². The molecule has 2 heterocycles. The van der Waals surface area contributed by atoms with Crippen molar-refractivity contribution in [1.29, 1.82) is 0 Å². The summed E-state index contributed by atoms with van der Waals surface area (Å²) in [5, 5.41) is 3.21. The van der Waals surface area contributed by atoms with Crippen molar-refractivity contribution in [1.82, 2.24) is 9.88 Å². The third kappa shape index (κ3) is 5.52. The topological polar surface area (TPSA) is 88.3 Å². The number of aromatic nitrogens is 1. The number of hydrogen-bond donors (Lipinski definition) is 2. The molecule has 0 unspecified atom stereocenters. The number of primary amides is 1. The number of anilines is 1. The zero-order valence-electron chi connectivity index (χ0n) is 15.0. The Balaban J connectivity index is 1.47. The van der Waals surface area contributed by atoms with E-state index in [-0.39, 0.29) is 17.7 Å². The van der Waals surface area contributed by atoms with Crippen LogP contribution in [0.15, 0.2) is 42.6 Å². The Labute approximate surface area is 163 Å². The molecule has 3 rings (SSSR count). The van der Waals surface area contributed by atoms with Crippen molar-refractivity contribution in [3.63, 3.8) is 0 Å². The Kier molecular flexibility index (Phi) is 6.42. The maximum atomic E-state index is 12.2. The highest BCUT2D eigenvalue weighted by Gasteiger charge is 2.22. The van der Waals surface area contributed by atoms with Gasteiger partial charge >= 0.3 is 0 Å². The van der Waals surface area contributed by atoms with Crippen LogP contribution in [0.3, 0.4) is 0 Å². The second kappa shape index (κ2) is 8.97. The molecule has 1 aliphatic heterocycles.